The van der Waals surface area contributed by atoms with Gasteiger partial charge in [-0.3, -0.25) is 0 Å². The minimum atomic E-state index is -4.77. The summed E-state index contributed by atoms with van der Waals surface area (Å²) in [7, 11) is 0. The zero-order valence-electron chi connectivity index (χ0n) is 9.64. The molecule has 0 saturated carbocycles. The van der Waals surface area contributed by atoms with Crippen LogP contribution < -0.4 is 10.5 Å². The Morgan fingerprint density at radius 2 is 1.79 bits per heavy atom. The third-order valence-corrected chi connectivity index (χ3v) is 2.20. The van der Waals surface area contributed by atoms with E-state index in [1.165, 1.54) is 0 Å². The number of nitrogens with zero attached hydrogens (tertiary/aromatic N) is 1. The second-order valence-electron chi connectivity index (χ2n) is 3.66. The summed E-state index contributed by atoms with van der Waals surface area (Å²) in [5.41, 5.74) is 3.84. The van der Waals surface area contributed by atoms with Crippen molar-refractivity contribution in [3.63, 3.8) is 0 Å². The Hall–Kier alpha value is -1.51. The van der Waals surface area contributed by atoms with Crippen LogP contribution in [-0.4, -0.2) is 17.3 Å². The van der Waals surface area contributed by atoms with Gasteiger partial charge in [0.1, 0.15) is 5.69 Å². The second-order valence-corrected chi connectivity index (χ2v) is 3.66. The zero-order valence-corrected chi connectivity index (χ0v) is 9.64. The van der Waals surface area contributed by atoms with Gasteiger partial charge >= 0.3 is 12.4 Å². The topological polar surface area (TPSA) is 48.1 Å². The van der Waals surface area contributed by atoms with E-state index < -0.39 is 30.0 Å². The Labute approximate surface area is 104 Å². The van der Waals surface area contributed by atoms with Gasteiger partial charge in [0.2, 0.25) is 5.88 Å². The first kappa shape index (κ1) is 15.5. The van der Waals surface area contributed by atoms with Gasteiger partial charge in [0.25, 0.3) is 0 Å². The molecule has 1 rings (SSSR count). The van der Waals surface area contributed by atoms with E-state index in [1.807, 2.05) is 0 Å². The summed E-state index contributed by atoms with van der Waals surface area (Å²) in [6, 6.07) is 1.57. The second kappa shape index (κ2) is 5.24. The summed E-state index contributed by atoms with van der Waals surface area (Å²) in [6.07, 6.45) is -11.8. The number of nitrogens with two attached hydrogens (primary N) is 1. The van der Waals surface area contributed by atoms with Crippen LogP contribution in [0.1, 0.15) is 18.2 Å². The molecule has 2 N–H and O–H groups in total. The van der Waals surface area contributed by atoms with Crippen molar-refractivity contribution in [2.24, 2.45) is 5.73 Å². The molecule has 0 radical (unpaired) electrons. The molecule has 0 amide bonds. The lowest BCUT2D eigenvalue weighted by Gasteiger charge is -2.19. The zero-order chi connectivity index (χ0) is 14.8. The van der Waals surface area contributed by atoms with E-state index >= 15 is 0 Å². The van der Waals surface area contributed by atoms with Crippen molar-refractivity contribution >= 4 is 0 Å². The molecular weight excluding hydrogens is 278 g/mol. The summed E-state index contributed by atoms with van der Waals surface area (Å²) < 4.78 is 78.5. The minimum Gasteiger partial charge on any atom is -0.465 e. The highest BCUT2D eigenvalue weighted by molar-refractivity contribution is 5.29. The van der Waals surface area contributed by atoms with Crippen LogP contribution in [0.2, 0.25) is 0 Å². The average Bonchev–Trinajstić information content (AvgIpc) is 2.26. The van der Waals surface area contributed by atoms with E-state index in [0.29, 0.717) is 13.0 Å². The predicted octanol–water partition coefficient (Wildman–Crippen LogP) is 2.89. The van der Waals surface area contributed by atoms with Gasteiger partial charge in [0.05, 0.1) is 0 Å². The molecule has 1 aromatic rings. The van der Waals surface area contributed by atoms with Crippen LogP contribution in [-0.2, 0) is 12.7 Å². The van der Waals surface area contributed by atoms with Crippen LogP contribution in [0.4, 0.5) is 26.3 Å². The Bertz CT molecular complexity index is 443. The molecule has 0 aromatic carbocycles. The van der Waals surface area contributed by atoms with Gasteiger partial charge < -0.3 is 10.5 Å². The molecule has 3 nitrogen and oxygen atoms in total. The highest BCUT2D eigenvalue weighted by atomic mass is 19.4. The molecule has 0 aliphatic rings. The molecule has 19 heavy (non-hydrogen) atoms. The predicted molar refractivity (Wildman–Crippen MR) is 53.3 cm³/mol. The van der Waals surface area contributed by atoms with E-state index in [4.69, 9.17) is 5.73 Å². The molecule has 1 unspecified atom stereocenters. The molecular formula is C10H10F6N2O. The van der Waals surface area contributed by atoms with Crippen molar-refractivity contribution in [2.45, 2.75) is 31.9 Å². The van der Waals surface area contributed by atoms with Crippen LogP contribution in [0, 0.1) is 0 Å². The van der Waals surface area contributed by atoms with Gasteiger partial charge in [-0.15, -0.1) is 0 Å². The summed E-state index contributed by atoms with van der Waals surface area (Å²) >= 11 is 0. The quantitative estimate of drug-likeness (QED) is 0.870. The Morgan fingerprint density at radius 1 is 1.21 bits per heavy atom. The van der Waals surface area contributed by atoms with Crippen molar-refractivity contribution in [3.05, 3.63) is 23.4 Å². The number of ether oxygens (including phenoxy) is 1. The molecule has 1 aromatic heterocycles. The Kier molecular flexibility index (Phi) is 4.28. The molecule has 0 saturated heterocycles. The van der Waals surface area contributed by atoms with Gasteiger partial charge in [0, 0.05) is 12.1 Å². The number of hydrogen-bond acceptors (Lipinski definition) is 3. The van der Waals surface area contributed by atoms with Crippen molar-refractivity contribution in [1.29, 1.82) is 0 Å². The lowest BCUT2D eigenvalue weighted by Crippen LogP contribution is -2.32. The average molecular weight is 288 g/mol. The maximum Gasteiger partial charge on any atom is 0.433 e. The van der Waals surface area contributed by atoms with Crippen LogP contribution >= 0.6 is 0 Å². The van der Waals surface area contributed by atoms with Gasteiger partial charge in [-0.2, -0.15) is 26.3 Å². The largest absolute Gasteiger partial charge is 0.465 e. The molecule has 0 aliphatic heterocycles. The number of rotatable bonds is 3. The van der Waals surface area contributed by atoms with E-state index in [2.05, 4.69) is 9.72 Å². The van der Waals surface area contributed by atoms with Crippen molar-refractivity contribution in [1.82, 2.24) is 4.98 Å². The van der Waals surface area contributed by atoms with E-state index in [9.17, 15) is 26.3 Å². The molecule has 1 atom stereocenters. The SMILES string of the molecule is CC(Oc1nc(C(F)(F)F)ccc1CN)C(F)(F)F. The van der Waals surface area contributed by atoms with Crippen LogP contribution in [0.3, 0.4) is 0 Å². The summed E-state index contributed by atoms with van der Waals surface area (Å²) in [4.78, 5) is 3.04. The summed E-state index contributed by atoms with van der Waals surface area (Å²) in [6.45, 7) is 0.382. The van der Waals surface area contributed by atoms with Gasteiger partial charge in [-0.05, 0) is 13.0 Å². The van der Waals surface area contributed by atoms with Crippen LogP contribution in [0.15, 0.2) is 12.1 Å². The van der Waals surface area contributed by atoms with Gasteiger partial charge in [0.15, 0.2) is 6.10 Å². The first-order valence-electron chi connectivity index (χ1n) is 5.06. The summed E-state index contributed by atoms with van der Waals surface area (Å²) in [5.74, 6) is -0.762. The Balaban J connectivity index is 3.10. The number of alkyl halides is 6. The van der Waals surface area contributed by atoms with E-state index in [1.54, 1.807) is 0 Å². The van der Waals surface area contributed by atoms with E-state index in [0.717, 1.165) is 6.07 Å². The number of halogens is 6. The molecule has 1 heterocycles. The molecule has 0 fully saturated rings. The van der Waals surface area contributed by atoms with Crippen molar-refractivity contribution in [2.75, 3.05) is 0 Å². The minimum absolute atomic E-state index is 0.0379. The standard InChI is InChI=1S/C10H10F6N2O/c1-5(9(11,12)13)19-8-6(4-17)2-3-7(18-8)10(14,15)16/h2-3,5H,4,17H2,1H3. The summed E-state index contributed by atoms with van der Waals surface area (Å²) in [5, 5.41) is 0. The first-order chi connectivity index (χ1) is 8.55. The van der Waals surface area contributed by atoms with Crippen LogP contribution in [0.5, 0.6) is 5.88 Å². The third kappa shape index (κ3) is 3.98. The molecule has 108 valence electrons. The highest BCUT2D eigenvalue weighted by Gasteiger charge is 2.39. The van der Waals surface area contributed by atoms with Crippen LogP contribution in [0.25, 0.3) is 0 Å². The highest BCUT2D eigenvalue weighted by Crippen LogP contribution is 2.31. The lowest BCUT2D eigenvalue weighted by molar-refractivity contribution is -0.190. The molecule has 0 aliphatic carbocycles. The number of hydrogen-bond donors (Lipinski definition) is 1. The Morgan fingerprint density at radius 3 is 2.21 bits per heavy atom. The van der Waals surface area contributed by atoms with Crippen molar-refractivity contribution in [3.8, 4) is 5.88 Å². The van der Waals surface area contributed by atoms with Gasteiger partial charge in [-0.25, -0.2) is 4.98 Å². The van der Waals surface area contributed by atoms with Gasteiger partial charge in [-0.1, -0.05) is 6.07 Å². The lowest BCUT2D eigenvalue weighted by atomic mass is 10.2. The normalized spacial score (nSPS) is 14.3. The molecule has 0 bridgehead atoms. The van der Waals surface area contributed by atoms with E-state index in [-0.39, 0.29) is 12.1 Å². The smallest absolute Gasteiger partial charge is 0.433 e. The fourth-order valence-electron chi connectivity index (χ4n) is 1.12. The monoisotopic (exact) mass is 288 g/mol. The number of pyridine rings is 1. The fourth-order valence-corrected chi connectivity index (χ4v) is 1.12. The number of aromatic nitrogens is 1. The molecule has 0 spiro atoms. The molecule has 9 heteroatoms. The maximum absolute atomic E-state index is 12.4. The maximum atomic E-state index is 12.4. The van der Waals surface area contributed by atoms with Crippen molar-refractivity contribution < 1.29 is 31.1 Å². The fraction of sp³-hybridized carbons (Fsp3) is 0.500. The first-order valence-corrected chi connectivity index (χ1v) is 5.06. The third-order valence-electron chi connectivity index (χ3n) is 2.20.